The smallest absolute Gasteiger partial charge is 0.410 e. The van der Waals surface area contributed by atoms with Crippen molar-refractivity contribution in [2.75, 3.05) is 46.4 Å². The molecular weight excluding hydrogens is 448 g/mol. The van der Waals surface area contributed by atoms with E-state index < -0.39 is 11.6 Å². The first-order valence-corrected chi connectivity index (χ1v) is 12.4. The normalized spacial score (nSPS) is 23.6. The van der Waals surface area contributed by atoms with Gasteiger partial charge in [-0.05, 0) is 43.8 Å². The summed E-state index contributed by atoms with van der Waals surface area (Å²) < 4.78 is 5.43. The van der Waals surface area contributed by atoms with E-state index in [1.165, 1.54) is 10.5 Å². The lowest BCUT2D eigenvalue weighted by Gasteiger charge is -2.56. The molecule has 3 fully saturated rings. The largest absolute Gasteiger partial charge is 0.465 e. The van der Waals surface area contributed by atoms with Crippen LogP contribution in [0, 0.1) is 5.92 Å². The fourth-order valence-corrected chi connectivity index (χ4v) is 5.62. The second kappa shape index (κ2) is 10.7. The number of carbonyl (C=O) groups is 3. The van der Waals surface area contributed by atoms with Crippen LogP contribution in [-0.4, -0.2) is 95.9 Å². The molecule has 0 radical (unpaired) electrons. The summed E-state index contributed by atoms with van der Waals surface area (Å²) in [6, 6.07) is 10.4. The zero-order chi connectivity index (χ0) is 25.0. The molecule has 3 aliphatic rings. The quantitative estimate of drug-likeness (QED) is 0.523. The minimum absolute atomic E-state index is 0.0750. The molecule has 1 aromatic carbocycles. The van der Waals surface area contributed by atoms with Gasteiger partial charge in [0.1, 0.15) is 6.61 Å². The van der Waals surface area contributed by atoms with Crippen molar-refractivity contribution in [2.24, 2.45) is 5.92 Å². The Labute approximate surface area is 206 Å². The first-order chi connectivity index (χ1) is 16.9. The minimum atomic E-state index is -0.946. The van der Waals surface area contributed by atoms with E-state index in [-0.39, 0.29) is 24.6 Å². The van der Waals surface area contributed by atoms with Gasteiger partial charge in [0.05, 0.1) is 5.54 Å². The number of nitrogens with one attached hydrogen (secondary N) is 1. The molecule has 2 atom stereocenters. The van der Waals surface area contributed by atoms with Crippen LogP contribution in [0.3, 0.4) is 0 Å². The molecule has 1 aliphatic carbocycles. The number of piperidine rings is 1. The van der Waals surface area contributed by atoms with Gasteiger partial charge in [0.2, 0.25) is 5.91 Å². The lowest BCUT2D eigenvalue weighted by Crippen LogP contribution is -2.73. The number of hydrogen-bond acceptors (Lipinski definition) is 5. The van der Waals surface area contributed by atoms with Gasteiger partial charge in [-0.2, -0.15) is 0 Å². The van der Waals surface area contributed by atoms with Gasteiger partial charge < -0.3 is 25.0 Å². The van der Waals surface area contributed by atoms with E-state index >= 15 is 0 Å². The molecule has 190 valence electrons. The van der Waals surface area contributed by atoms with Gasteiger partial charge in [0, 0.05) is 45.1 Å². The molecule has 3 amide bonds. The Balaban J connectivity index is 1.37. The number of benzene rings is 1. The van der Waals surface area contributed by atoms with Crippen LogP contribution in [0.15, 0.2) is 43.0 Å². The summed E-state index contributed by atoms with van der Waals surface area (Å²) in [5.41, 5.74) is 0.805. The Hall–Kier alpha value is -3.07. The maximum atomic E-state index is 12.9. The topological polar surface area (TPSA) is 102 Å². The van der Waals surface area contributed by atoms with Crippen molar-refractivity contribution in [3.8, 4) is 0 Å². The van der Waals surface area contributed by atoms with E-state index in [9.17, 15) is 19.5 Å². The van der Waals surface area contributed by atoms with E-state index in [2.05, 4.69) is 28.9 Å². The number of rotatable bonds is 9. The van der Waals surface area contributed by atoms with Crippen LogP contribution < -0.4 is 5.32 Å². The fourth-order valence-electron chi connectivity index (χ4n) is 5.62. The Morgan fingerprint density at radius 1 is 1.23 bits per heavy atom. The van der Waals surface area contributed by atoms with Gasteiger partial charge in [0.25, 0.3) is 0 Å². The van der Waals surface area contributed by atoms with E-state index in [1.54, 1.807) is 13.1 Å². The zero-order valence-electron chi connectivity index (χ0n) is 20.4. The molecule has 35 heavy (non-hydrogen) atoms. The molecule has 2 saturated heterocycles. The van der Waals surface area contributed by atoms with Gasteiger partial charge in [0.15, 0.2) is 0 Å². The molecule has 9 nitrogen and oxygen atoms in total. The molecule has 2 unspecified atom stereocenters. The third-order valence-corrected chi connectivity index (χ3v) is 7.69. The van der Waals surface area contributed by atoms with E-state index in [0.717, 1.165) is 32.4 Å². The lowest BCUT2D eigenvalue weighted by molar-refractivity contribution is -0.129. The number of likely N-dealkylation sites (tertiary alicyclic amines) is 2. The maximum absolute atomic E-state index is 12.9. The van der Waals surface area contributed by atoms with Crippen molar-refractivity contribution >= 4 is 18.1 Å². The predicted octanol–water partition coefficient (Wildman–Crippen LogP) is 2.75. The van der Waals surface area contributed by atoms with Gasteiger partial charge in [-0.25, -0.2) is 9.59 Å². The molecule has 2 N–H and O–H groups in total. The van der Waals surface area contributed by atoms with Gasteiger partial charge in [-0.15, -0.1) is 0 Å². The Bertz CT molecular complexity index is 925. The summed E-state index contributed by atoms with van der Waals surface area (Å²) in [5.74, 6) is 0.585. The number of nitrogens with zero attached hydrogens (tertiary/aromatic N) is 3. The van der Waals surface area contributed by atoms with Gasteiger partial charge >= 0.3 is 12.2 Å². The molecule has 1 aromatic rings. The monoisotopic (exact) mass is 484 g/mol. The maximum Gasteiger partial charge on any atom is 0.410 e. The highest BCUT2D eigenvalue weighted by Crippen LogP contribution is 2.45. The van der Waals surface area contributed by atoms with Crippen molar-refractivity contribution < 1.29 is 24.2 Å². The van der Waals surface area contributed by atoms with Gasteiger partial charge in [-0.1, -0.05) is 43.0 Å². The summed E-state index contributed by atoms with van der Waals surface area (Å²) in [5, 5.41) is 12.0. The summed E-state index contributed by atoms with van der Waals surface area (Å²) >= 11 is 0. The number of ether oxygens (including phenoxy) is 1. The number of carbonyl (C=O) groups excluding carboxylic acids is 2. The van der Waals surface area contributed by atoms with Crippen LogP contribution in [0.4, 0.5) is 9.59 Å². The minimum Gasteiger partial charge on any atom is -0.465 e. The van der Waals surface area contributed by atoms with Crippen LogP contribution in [-0.2, 0) is 9.53 Å². The van der Waals surface area contributed by atoms with Crippen LogP contribution in [0.2, 0.25) is 0 Å². The highest BCUT2D eigenvalue weighted by molar-refractivity contribution is 5.78. The van der Waals surface area contributed by atoms with Crippen LogP contribution in [0.5, 0.6) is 0 Å². The van der Waals surface area contributed by atoms with Crippen LogP contribution in [0.1, 0.15) is 37.2 Å². The molecule has 1 saturated carbocycles. The van der Waals surface area contributed by atoms with Crippen molar-refractivity contribution in [3.63, 3.8) is 0 Å². The first-order valence-electron chi connectivity index (χ1n) is 12.4. The van der Waals surface area contributed by atoms with Crippen molar-refractivity contribution in [2.45, 2.75) is 43.2 Å². The molecule has 4 rings (SSSR count). The predicted molar refractivity (Wildman–Crippen MR) is 131 cm³/mol. The Kier molecular flexibility index (Phi) is 7.64. The van der Waals surface area contributed by atoms with E-state index in [0.29, 0.717) is 37.9 Å². The summed E-state index contributed by atoms with van der Waals surface area (Å²) in [7, 11) is 1.61. The Morgan fingerprint density at radius 2 is 1.91 bits per heavy atom. The Morgan fingerprint density at radius 3 is 2.51 bits per heavy atom. The lowest BCUT2D eigenvalue weighted by atomic mass is 9.81. The number of carboxylic acid groups (broad SMARTS) is 1. The number of amides is 3. The highest BCUT2D eigenvalue weighted by atomic mass is 16.6. The average molecular weight is 485 g/mol. The molecule has 2 aliphatic heterocycles. The molecule has 9 heteroatoms. The van der Waals surface area contributed by atoms with Gasteiger partial charge in [-0.3, -0.25) is 9.69 Å². The fraction of sp³-hybridized carbons (Fsp3) is 0.577. The third kappa shape index (κ3) is 5.61. The van der Waals surface area contributed by atoms with E-state index in [1.807, 2.05) is 23.1 Å². The SMILES string of the molecule is C=CCOC(=O)N(CC1CCN(C2(CC(=O)NC)CN(C(=O)O)C2)CC1)C1CC1c1ccccc1. The average Bonchev–Trinajstić information content (AvgIpc) is 3.64. The van der Waals surface area contributed by atoms with Crippen molar-refractivity contribution in [3.05, 3.63) is 48.6 Å². The molecule has 0 spiro atoms. The second-order valence-corrected chi connectivity index (χ2v) is 9.98. The third-order valence-electron chi connectivity index (χ3n) is 7.69. The van der Waals surface area contributed by atoms with E-state index in [4.69, 9.17) is 4.74 Å². The molecule has 0 aromatic heterocycles. The second-order valence-electron chi connectivity index (χ2n) is 9.98. The molecule has 0 bridgehead atoms. The summed E-state index contributed by atoms with van der Waals surface area (Å²) in [6.45, 7) is 6.73. The highest BCUT2D eigenvalue weighted by Gasteiger charge is 2.52. The molecular formula is C26H36N4O5. The summed E-state index contributed by atoms with van der Waals surface area (Å²) in [4.78, 5) is 42.0. The van der Waals surface area contributed by atoms with Crippen LogP contribution >= 0.6 is 0 Å². The summed E-state index contributed by atoms with van der Waals surface area (Å²) in [6.07, 6.45) is 3.35. The zero-order valence-corrected chi connectivity index (χ0v) is 20.4. The number of hydrogen-bond donors (Lipinski definition) is 2. The first kappa shape index (κ1) is 25.0. The van der Waals surface area contributed by atoms with Crippen molar-refractivity contribution in [1.29, 1.82) is 0 Å². The molecule has 2 heterocycles. The standard InChI is InChI=1S/C26H36N4O5/c1-3-13-35-25(34)30(22-14-21(22)20-7-5-4-6-8-20)16-19-9-11-29(12-10-19)26(15-23(31)27-2)17-28(18-26)24(32)33/h3-8,19,21-22H,1,9-18H2,2H3,(H,27,31)(H,32,33). The van der Waals surface area contributed by atoms with Crippen LogP contribution in [0.25, 0.3) is 0 Å². The van der Waals surface area contributed by atoms with Crippen molar-refractivity contribution in [1.82, 2.24) is 20.0 Å².